The zero-order valence-electron chi connectivity index (χ0n) is 12.6. The van der Waals surface area contributed by atoms with Gasteiger partial charge in [0.2, 0.25) is 0 Å². The average Bonchev–Trinajstić information content (AvgIpc) is 2.56. The van der Waals surface area contributed by atoms with E-state index in [0.717, 1.165) is 18.6 Å². The van der Waals surface area contributed by atoms with Crippen molar-refractivity contribution in [2.45, 2.75) is 50.5 Å². The predicted molar refractivity (Wildman–Crippen MR) is 87.6 cm³/mol. The molecule has 0 heterocycles. The van der Waals surface area contributed by atoms with Crippen LogP contribution in [0, 0.1) is 0 Å². The Morgan fingerprint density at radius 1 is 0.762 bits per heavy atom. The van der Waals surface area contributed by atoms with Crippen molar-refractivity contribution in [3.8, 4) is 5.75 Å². The lowest BCUT2D eigenvalue weighted by Crippen LogP contribution is -2.38. The van der Waals surface area contributed by atoms with Crippen molar-refractivity contribution in [1.29, 1.82) is 0 Å². The van der Waals surface area contributed by atoms with Crippen molar-refractivity contribution in [3.63, 3.8) is 0 Å². The second kappa shape index (κ2) is 6.80. The normalized spacial score (nSPS) is 17.3. The highest BCUT2D eigenvalue weighted by molar-refractivity contribution is 5.22. The molecule has 1 nitrogen and oxygen atoms in total. The summed E-state index contributed by atoms with van der Waals surface area (Å²) in [7, 11) is 0. The molecule has 1 aliphatic carbocycles. The fraction of sp³-hybridized carbons (Fsp3) is 0.400. The Labute approximate surface area is 128 Å². The average molecular weight is 280 g/mol. The maximum atomic E-state index is 6.46. The third-order valence-electron chi connectivity index (χ3n) is 4.55. The number of ether oxygens (including phenoxy) is 1. The minimum absolute atomic E-state index is 0.0371. The predicted octanol–water partition coefficient (Wildman–Crippen LogP) is 5.40. The molecule has 0 aromatic heterocycles. The quantitative estimate of drug-likeness (QED) is 0.712. The number of benzene rings is 2. The molecule has 3 rings (SSSR count). The highest BCUT2D eigenvalue weighted by atomic mass is 16.5. The molecule has 0 amide bonds. The molecule has 1 fully saturated rings. The topological polar surface area (TPSA) is 9.23 Å². The van der Waals surface area contributed by atoms with Gasteiger partial charge in [-0.15, -0.1) is 0 Å². The lowest BCUT2D eigenvalue weighted by Gasteiger charge is -2.38. The number of hydrogen-bond acceptors (Lipinski definition) is 1. The van der Waals surface area contributed by atoms with E-state index in [9.17, 15) is 0 Å². The van der Waals surface area contributed by atoms with Crippen LogP contribution in [-0.4, -0.2) is 5.60 Å². The number of hydrogen-bond donors (Lipinski definition) is 0. The third-order valence-corrected chi connectivity index (χ3v) is 4.55. The summed E-state index contributed by atoms with van der Waals surface area (Å²) in [6.07, 6.45) is 8.54. The van der Waals surface area contributed by atoms with Gasteiger partial charge in [-0.25, -0.2) is 0 Å². The molecular weight excluding hydrogens is 256 g/mol. The van der Waals surface area contributed by atoms with Crippen LogP contribution in [0.1, 0.15) is 44.1 Å². The van der Waals surface area contributed by atoms with Gasteiger partial charge in [0.05, 0.1) is 0 Å². The molecule has 2 aromatic carbocycles. The van der Waals surface area contributed by atoms with Crippen LogP contribution >= 0.6 is 0 Å². The number of para-hydroxylation sites is 1. The van der Waals surface area contributed by atoms with E-state index in [1.165, 1.54) is 37.7 Å². The Morgan fingerprint density at radius 2 is 1.38 bits per heavy atom. The Kier molecular flexibility index (Phi) is 4.59. The molecule has 1 aliphatic rings. The molecule has 0 spiro atoms. The second-order valence-electron chi connectivity index (χ2n) is 6.14. The first-order valence-corrected chi connectivity index (χ1v) is 8.14. The fourth-order valence-corrected chi connectivity index (χ4v) is 3.35. The maximum absolute atomic E-state index is 6.46. The van der Waals surface area contributed by atoms with E-state index in [1.54, 1.807) is 0 Å². The first kappa shape index (κ1) is 14.2. The van der Waals surface area contributed by atoms with E-state index in [1.807, 2.05) is 6.07 Å². The van der Waals surface area contributed by atoms with E-state index in [4.69, 9.17) is 4.74 Å². The summed E-state index contributed by atoms with van der Waals surface area (Å²) in [5.74, 6) is 1.02. The van der Waals surface area contributed by atoms with Crippen molar-refractivity contribution in [2.75, 3.05) is 0 Å². The van der Waals surface area contributed by atoms with Crippen molar-refractivity contribution < 1.29 is 4.74 Å². The Balaban J connectivity index is 1.70. The molecular formula is C20H24O. The number of rotatable bonds is 5. The summed E-state index contributed by atoms with van der Waals surface area (Å²) in [5.41, 5.74) is 1.45. The largest absolute Gasteiger partial charge is 0.487 e. The number of aryl methyl sites for hydroxylation is 1. The summed E-state index contributed by atoms with van der Waals surface area (Å²) >= 11 is 0. The van der Waals surface area contributed by atoms with Crippen LogP contribution in [0.15, 0.2) is 60.7 Å². The molecule has 1 saturated carbocycles. The minimum Gasteiger partial charge on any atom is -0.487 e. The van der Waals surface area contributed by atoms with Gasteiger partial charge in [0.15, 0.2) is 0 Å². The SMILES string of the molecule is c1ccc(CCC2(Oc3ccccc3)CCCCC2)cc1. The first-order valence-electron chi connectivity index (χ1n) is 8.14. The molecule has 0 bridgehead atoms. The molecule has 21 heavy (non-hydrogen) atoms. The Hall–Kier alpha value is -1.76. The molecule has 110 valence electrons. The van der Waals surface area contributed by atoms with E-state index < -0.39 is 0 Å². The van der Waals surface area contributed by atoms with Crippen molar-refractivity contribution >= 4 is 0 Å². The molecule has 1 heteroatoms. The molecule has 0 unspecified atom stereocenters. The molecule has 2 aromatic rings. The smallest absolute Gasteiger partial charge is 0.120 e. The van der Waals surface area contributed by atoms with E-state index in [0.29, 0.717) is 0 Å². The maximum Gasteiger partial charge on any atom is 0.120 e. The van der Waals surface area contributed by atoms with Gasteiger partial charge in [0.1, 0.15) is 11.4 Å². The van der Waals surface area contributed by atoms with E-state index >= 15 is 0 Å². The molecule has 0 saturated heterocycles. The lowest BCUT2D eigenvalue weighted by atomic mass is 9.80. The Bertz CT molecular complexity index is 526. The summed E-state index contributed by atoms with van der Waals surface area (Å²) in [5, 5.41) is 0. The van der Waals surface area contributed by atoms with E-state index in [-0.39, 0.29) is 5.60 Å². The van der Waals surface area contributed by atoms with Crippen LogP contribution in [0.3, 0.4) is 0 Å². The minimum atomic E-state index is 0.0371. The first-order chi connectivity index (χ1) is 10.4. The monoisotopic (exact) mass is 280 g/mol. The van der Waals surface area contributed by atoms with Crippen molar-refractivity contribution in [1.82, 2.24) is 0 Å². The summed E-state index contributed by atoms with van der Waals surface area (Å²) in [4.78, 5) is 0. The van der Waals surface area contributed by atoms with Gasteiger partial charge >= 0.3 is 0 Å². The van der Waals surface area contributed by atoms with Crippen LogP contribution < -0.4 is 4.74 Å². The van der Waals surface area contributed by atoms with Crippen molar-refractivity contribution in [2.24, 2.45) is 0 Å². The highest BCUT2D eigenvalue weighted by Gasteiger charge is 2.33. The zero-order chi connectivity index (χ0) is 14.4. The van der Waals surface area contributed by atoms with Crippen LogP contribution in [-0.2, 0) is 6.42 Å². The second-order valence-corrected chi connectivity index (χ2v) is 6.14. The van der Waals surface area contributed by atoms with Crippen LogP contribution in [0.5, 0.6) is 5.75 Å². The van der Waals surface area contributed by atoms with Crippen molar-refractivity contribution in [3.05, 3.63) is 66.2 Å². The third kappa shape index (κ3) is 3.87. The highest BCUT2D eigenvalue weighted by Crippen LogP contribution is 2.36. The molecule has 0 N–H and O–H groups in total. The van der Waals surface area contributed by atoms with Crippen LogP contribution in [0.2, 0.25) is 0 Å². The summed E-state index contributed by atoms with van der Waals surface area (Å²) in [6, 6.07) is 21.1. The van der Waals surface area contributed by atoms with E-state index in [2.05, 4.69) is 54.6 Å². The van der Waals surface area contributed by atoms with Gasteiger partial charge < -0.3 is 4.74 Å². The van der Waals surface area contributed by atoms with Gasteiger partial charge in [-0.05, 0) is 56.2 Å². The molecule has 0 aliphatic heterocycles. The standard InChI is InChI=1S/C20H24O/c1-4-10-18(11-5-1)14-17-20(15-8-3-9-16-20)21-19-12-6-2-7-13-19/h1-2,4-7,10-13H,3,8-9,14-17H2. The van der Waals surface area contributed by atoms with Gasteiger partial charge in [0.25, 0.3) is 0 Å². The fourth-order valence-electron chi connectivity index (χ4n) is 3.35. The summed E-state index contributed by atoms with van der Waals surface area (Å²) in [6.45, 7) is 0. The van der Waals surface area contributed by atoms with Gasteiger partial charge in [-0.1, -0.05) is 55.0 Å². The van der Waals surface area contributed by atoms with Gasteiger partial charge in [0, 0.05) is 0 Å². The zero-order valence-corrected chi connectivity index (χ0v) is 12.6. The summed E-state index contributed by atoms with van der Waals surface area (Å²) < 4.78 is 6.46. The Morgan fingerprint density at radius 3 is 2.05 bits per heavy atom. The van der Waals surface area contributed by atoms with Crippen LogP contribution in [0.4, 0.5) is 0 Å². The van der Waals surface area contributed by atoms with Crippen LogP contribution in [0.25, 0.3) is 0 Å². The van der Waals surface area contributed by atoms with Gasteiger partial charge in [-0.2, -0.15) is 0 Å². The van der Waals surface area contributed by atoms with Gasteiger partial charge in [-0.3, -0.25) is 0 Å². The lowest BCUT2D eigenvalue weighted by molar-refractivity contribution is 0.0222. The molecule has 0 atom stereocenters. The molecule has 0 radical (unpaired) electrons.